The summed E-state index contributed by atoms with van der Waals surface area (Å²) in [5.41, 5.74) is 5.84. The normalized spacial score (nSPS) is 13.5. The number of halogens is 3. The highest BCUT2D eigenvalue weighted by molar-refractivity contribution is 6.39. The van der Waals surface area contributed by atoms with Gasteiger partial charge in [0.15, 0.2) is 0 Å². The molecule has 17 heavy (non-hydrogen) atoms. The molecule has 94 valence electrons. The van der Waals surface area contributed by atoms with E-state index < -0.39 is 5.82 Å². The maximum absolute atomic E-state index is 12.9. The number of oxime groups is 1. The number of hydrogen-bond donors (Lipinski definition) is 3. The number of hydrogen-bond acceptors (Lipinski definition) is 3. The van der Waals surface area contributed by atoms with Crippen LogP contribution in [0.4, 0.5) is 10.1 Å². The molecule has 0 aromatic heterocycles. The molecule has 0 spiro atoms. The third kappa shape index (κ3) is 3.64. The van der Waals surface area contributed by atoms with Crippen LogP contribution in [0.1, 0.15) is 6.92 Å². The minimum atomic E-state index is -0.505. The van der Waals surface area contributed by atoms with E-state index >= 15 is 0 Å². The van der Waals surface area contributed by atoms with E-state index in [1.807, 2.05) is 0 Å². The van der Waals surface area contributed by atoms with Crippen LogP contribution < -0.4 is 11.1 Å². The van der Waals surface area contributed by atoms with Crippen LogP contribution in [0.15, 0.2) is 17.3 Å². The zero-order valence-electron chi connectivity index (χ0n) is 9.04. The van der Waals surface area contributed by atoms with Crippen LogP contribution in [0.5, 0.6) is 0 Å². The lowest BCUT2D eigenvalue weighted by Crippen LogP contribution is -2.27. The molecule has 0 aliphatic heterocycles. The second kappa shape index (κ2) is 5.93. The van der Waals surface area contributed by atoms with Gasteiger partial charge in [0, 0.05) is 12.5 Å². The molecule has 1 aromatic rings. The van der Waals surface area contributed by atoms with Crippen molar-refractivity contribution >= 4 is 34.7 Å². The average molecular weight is 280 g/mol. The van der Waals surface area contributed by atoms with Gasteiger partial charge in [0.2, 0.25) is 0 Å². The second-order valence-corrected chi connectivity index (χ2v) is 4.37. The summed E-state index contributed by atoms with van der Waals surface area (Å²) >= 11 is 11.7. The lowest BCUT2D eigenvalue weighted by atomic mass is 10.1. The summed E-state index contributed by atoms with van der Waals surface area (Å²) in [6, 6.07) is 2.31. The van der Waals surface area contributed by atoms with E-state index in [1.54, 1.807) is 6.92 Å². The molecule has 4 nitrogen and oxygen atoms in total. The monoisotopic (exact) mass is 279 g/mol. The van der Waals surface area contributed by atoms with Gasteiger partial charge in [-0.2, -0.15) is 0 Å². The van der Waals surface area contributed by atoms with Gasteiger partial charge in [0.1, 0.15) is 11.7 Å². The van der Waals surface area contributed by atoms with Crippen molar-refractivity contribution in [2.24, 2.45) is 16.8 Å². The highest BCUT2D eigenvalue weighted by atomic mass is 35.5. The van der Waals surface area contributed by atoms with Crippen molar-refractivity contribution < 1.29 is 9.60 Å². The highest BCUT2D eigenvalue weighted by Gasteiger charge is 2.11. The van der Waals surface area contributed by atoms with E-state index in [0.717, 1.165) is 12.1 Å². The molecule has 0 saturated carbocycles. The Balaban J connectivity index is 2.76. The van der Waals surface area contributed by atoms with Gasteiger partial charge in [0.05, 0.1) is 15.7 Å². The first kappa shape index (κ1) is 13.9. The molecule has 7 heteroatoms. The minimum absolute atomic E-state index is 0.0897. The molecule has 0 bridgehead atoms. The Bertz CT molecular complexity index is 417. The Hall–Kier alpha value is -1.20. The molecule has 1 unspecified atom stereocenters. The minimum Gasteiger partial charge on any atom is -0.409 e. The molecular formula is C10H12Cl2FN3O. The molecule has 0 amide bonds. The van der Waals surface area contributed by atoms with E-state index in [4.69, 9.17) is 34.1 Å². The Morgan fingerprint density at radius 2 is 2.06 bits per heavy atom. The fourth-order valence-corrected chi connectivity index (χ4v) is 1.76. The number of nitrogens with zero attached hydrogens (tertiary/aromatic N) is 1. The fourth-order valence-electron chi connectivity index (χ4n) is 1.17. The van der Waals surface area contributed by atoms with Crippen molar-refractivity contribution in [3.8, 4) is 0 Å². The molecule has 0 aliphatic rings. The van der Waals surface area contributed by atoms with Gasteiger partial charge in [-0.15, -0.1) is 0 Å². The Kier molecular flexibility index (Phi) is 4.84. The fraction of sp³-hybridized carbons (Fsp3) is 0.300. The second-order valence-electron chi connectivity index (χ2n) is 3.55. The molecule has 1 atom stereocenters. The van der Waals surface area contributed by atoms with Gasteiger partial charge >= 0.3 is 0 Å². The maximum atomic E-state index is 12.9. The molecule has 0 heterocycles. The van der Waals surface area contributed by atoms with Crippen molar-refractivity contribution in [1.29, 1.82) is 0 Å². The predicted octanol–water partition coefficient (Wildman–Crippen LogP) is 2.93. The third-order valence-corrected chi connectivity index (χ3v) is 2.81. The predicted molar refractivity (Wildman–Crippen MR) is 67.5 cm³/mol. The van der Waals surface area contributed by atoms with Gasteiger partial charge in [-0.3, -0.25) is 0 Å². The number of benzene rings is 1. The zero-order valence-corrected chi connectivity index (χ0v) is 10.6. The van der Waals surface area contributed by atoms with Gasteiger partial charge in [-0.25, -0.2) is 4.39 Å². The first-order chi connectivity index (χ1) is 7.95. The summed E-state index contributed by atoms with van der Waals surface area (Å²) in [5, 5.41) is 14.7. The quantitative estimate of drug-likeness (QED) is 0.344. The largest absolute Gasteiger partial charge is 0.409 e. The summed E-state index contributed by atoms with van der Waals surface area (Å²) < 4.78 is 12.9. The molecule has 0 radical (unpaired) electrons. The van der Waals surface area contributed by atoms with Crippen LogP contribution in [-0.2, 0) is 0 Å². The van der Waals surface area contributed by atoms with Crippen molar-refractivity contribution in [3.05, 3.63) is 28.0 Å². The molecule has 1 aromatic carbocycles. The molecule has 4 N–H and O–H groups in total. The maximum Gasteiger partial charge on any atom is 0.143 e. The van der Waals surface area contributed by atoms with Crippen LogP contribution >= 0.6 is 23.2 Å². The van der Waals surface area contributed by atoms with Crippen molar-refractivity contribution in [1.82, 2.24) is 0 Å². The first-order valence-electron chi connectivity index (χ1n) is 4.81. The van der Waals surface area contributed by atoms with Crippen molar-refractivity contribution in [3.63, 3.8) is 0 Å². The summed E-state index contributed by atoms with van der Waals surface area (Å²) in [6.07, 6.45) is 0. The molecule has 0 saturated heterocycles. The number of anilines is 1. The van der Waals surface area contributed by atoms with E-state index in [-0.39, 0.29) is 21.8 Å². The van der Waals surface area contributed by atoms with Crippen LogP contribution in [0, 0.1) is 11.7 Å². The topological polar surface area (TPSA) is 70.6 Å². The van der Waals surface area contributed by atoms with Crippen LogP contribution in [0.3, 0.4) is 0 Å². The van der Waals surface area contributed by atoms with Crippen LogP contribution in [0.25, 0.3) is 0 Å². The highest BCUT2D eigenvalue weighted by Crippen LogP contribution is 2.31. The summed E-state index contributed by atoms with van der Waals surface area (Å²) in [4.78, 5) is 0. The Morgan fingerprint density at radius 3 is 2.53 bits per heavy atom. The van der Waals surface area contributed by atoms with Gasteiger partial charge < -0.3 is 16.3 Å². The van der Waals surface area contributed by atoms with E-state index in [0.29, 0.717) is 12.2 Å². The van der Waals surface area contributed by atoms with Crippen LogP contribution in [-0.4, -0.2) is 17.6 Å². The molecule has 1 rings (SSSR count). The van der Waals surface area contributed by atoms with Crippen molar-refractivity contribution in [2.45, 2.75) is 6.92 Å². The summed E-state index contributed by atoms with van der Waals surface area (Å²) in [7, 11) is 0. The number of nitrogens with one attached hydrogen (secondary N) is 1. The Morgan fingerprint density at radius 1 is 1.53 bits per heavy atom. The number of nitrogens with two attached hydrogens (primary N) is 1. The zero-order chi connectivity index (χ0) is 13.0. The summed E-state index contributed by atoms with van der Waals surface area (Å²) in [5.74, 6) is -0.626. The van der Waals surface area contributed by atoms with Gasteiger partial charge in [-0.1, -0.05) is 35.3 Å². The lowest BCUT2D eigenvalue weighted by molar-refractivity contribution is 0.315. The Labute approximate surface area is 108 Å². The molecular weight excluding hydrogens is 268 g/mol. The standard InChI is InChI=1S/C10H12Cl2FN3O/c1-5(10(14)16-17)4-15-9-7(11)2-6(13)3-8(9)12/h2-3,5,15,17H,4H2,1H3,(H2,14,16). The third-order valence-electron chi connectivity index (χ3n) is 2.21. The number of amidine groups is 1. The lowest BCUT2D eigenvalue weighted by Gasteiger charge is -2.14. The SMILES string of the molecule is CC(CNc1c(Cl)cc(F)cc1Cl)C(N)=NO. The van der Waals surface area contributed by atoms with Gasteiger partial charge in [0.25, 0.3) is 0 Å². The number of rotatable bonds is 4. The summed E-state index contributed by atoms with van der Waals surface area (Å²) in [6.45, 7) is 2.12. The van der Waals surface area contributed by atoms with Crippen LogP contribution in [0.2, 0.25) is 10.0 Å². The van der Waals surface area contributed by atoms with E-state index in [1.165, 1.54) is 0 Å². The van der Waals surface area contributed by atoms with Gasteiger partial charge in [-0.05, 0) is 12.1 Å². The van der Waals surface area contributed by atoms with Crippen molar-refractivity contribution in [2.75, 3.05) is 11.9 Å². The first-order valence-corrected chi connectivity index (χ1v) is 5.57. The molecule has 0 aliphatic carbocycles. The van der Waals surface area contributed by atoms with E-state index in [2.05, 4.69) is 10.5 Å². The smallest absolute Gasteiger partial charge is 0.143 e. The average Bonchev–Trinajstić information content (AvgIpc) is 2.26. The van der Waals surface area contributed by atoms with E-state index in [9.17, 15) is 4.39 Å². The molecule has 0 fully saturated rings.